The van der Waals surface area contributed by atoms with Gasteiger partial charge in [0.05, 0.1) is 18.5 Å². The van der Waals surface area contributed by atoms with E-state index in [1.807, 2.05) is 13.8 Å². The van der Waals surface area contributed by atoms with Crippen LogP contribution < -0.4 is 5.73 Å². The van der Waals surface area contributed by atoms with Crippen molar-refractivity contribution in [1.82, 2.24) is 24.7 Å². The molecule has 2 N–H and O–H groups in total. The molecule has 0 aliphatic rings. The van der Waals surface area contributed by atoms with Crippen molar-refractivity contribution in [2.24, 2.45) is 0 Å². The number of nitrogens with two attached hydrogens (primary N) is 1. The molecule has 0 atom stereocenters. The lowest BCUT2D eigenvalue weighted by Crippen LogP contribution is -2.11. The van der Waals surface area contributed by atoms with Gasteiger partial charge in [0.1, 0.15) is 11.6 Å². The highest BCUT2D eigenvalue weighted by atomic mass is 16.5. The summed E-state index contributed by atoms with van der Waals surface area (Å²) in [6.07, 6.45) is 0. The van der Waals surface area contributed by atoms with Gasteiger partial charge in [-0.15, -0.1) is 5.10 Å². The topological polar surface area (TPSA) is 109 Å². The summed E-state index contributed by atoms with van der Waals surface area (Å²) >= 11 is 0. The molecular weight excluding hydrogens is 248 g/mol. The highest BCUT2D eigenvalue weighted by Gasteiger charge is 2.21. The first kappa shape index (κ1) is 12.9. The van der Waals surface area contributed by atoms with E-state index >= 15 is 0 Å². The third-order valence-electron chi connectivity index (χ3n) is 2.74. The van der Waals surface area contributed by atoms with E-state index < -0.39 is 5.97 Å². The summed E-state index contributed by atoms with van der Waals surface area (Å²) in [5.41, 5.74) is 7.40. The summed E-state index contributed by atoms with van der Waals surface area (Å²) in [7, 11) is 1.27. The SMILES string of the molecule is COC(=O)c1nc(C)n(-c2nnc(C)c(C)n2)c1N. The maximum absolute atomic E-state index is 11.5. The van der Waals surface area contributed by atoms with E-state index in [1.54, 1.807) is 6.92 Å². The second-order valence-electron chi connectivity index (χ2n) is 4.00. The van der Waals surface area contributed by atoms with Crippen molar-refractivity contribution >= 4 is 11.8 Å². The molecule has 0 aliphatic heterocycles. The molecule has 0 bridgehead atoms. The van der Waals surface area contributed by atoms with Gasteiger partial charge in [-0.3, -0.25) is 0 Å². The van der Waals surface area contributed by atoms with Crippen LogP contribution in [0.2, 0.25) is 0 Å². The highest BCUT2D eigenvalue weighted by molar-refractivity contribution is 5.92. The molecule has 0 aliphatic carbocycles. The zero-order chi connectivity index (χ0) is 14.2. The Bertz CT molecular complexity index is 649. The number of hydrogen-bond acceptors (Lipinski definition) is 7. The molecule has 0 aromatic carbocycles. The van der Waals surface area contributed by atoms with E-state index in [4.69, 9.17) is 5.73 Å². The molecule has 0 radical (unpaired) electrons. The fraction of sp³-hybridized carbons (Fsp3) is 0.364. The fourth-order valence-corrected chi connectivity index (χ4v) is 1.59. The molecule has 0 unspecified atom stereocenters. The van der Waals surface area contributed by atoms with E-state index in [2.05, 4.69) is 24.9 Å². The Morgan fingerprint density at radius 3 is 2.42 bits per heavy atom. The van der Waals surface area contributed by atoms with Crippen LogP contribution in [-0.4, -0.2) is 37.8 Å². The summed E-state index contributed by atoms with van der Waals surface area (Å²) in [5.74, 6) is 0.300. The molecule has 8 nitrogen and oxygen atoms in total. The van der Waals surface area contributed by atoms with Crippen LogP contribution in [0.15, 0.2) is 0 Å². The lowest BCUT2D eigenvalue weighted by molar-refractivity contribution is 0.0596. The van der Waals surface area contributed by atoms with E-state index in [-0.39, 0.29) is 17.5 Å². The van der Waals surface area contributed by atoms with Crippen LogP contribution in [0.3, 0.4) is 0 Å². The number of carbonyl (C=O) groups is 1. The van der Waals surface area contributed by atoms with Crippen LogP contribution in [0, 0.1) is 20.8 Å². The number of aromatic nitrogens is 5. The van der Waals surface area contributed by atoms with Crippen molar-refractivity contribution in [3.05, 3.63) is 22.9 Å². The Morgan fingerprint density at radius 1 is 1.16 bits per heavy atom. The number of carbonyl (C=O) groups excluding carboxylic acids is 1. The predicted molar refractivity (Wildman–Crippen MR) is 66.9 cm³/mol. The number of nitrogens with zero attached hydrogens (tertiary/aromatic N) is 5. The number of imidazole rings is 1. The quantitative estimate of drug-likeness (QED) is 0.778. The first-order chi connectivity index (χ1) is 8.95. The molecule has 100 valence electrons. The van der Waals surface area contributed by atoms with Crippen LogP contribution in [-0.2, 0) is 4.74 Å². The van der Waals surface area contributed by atoms with E-state index in [0.717, 1.165) is 11.4 Å². The van der Waals surface area contributed by atoms with Gasteiger partial charge in [-0.2, -0.15) is 5.10 Å². The normalized spacial score (nSPS) is 10.5. The number of rotatable bonds is 2. The van der Waals surface area contributed by atoms with E-state index in [1.165, 1.54) is 11.7 Å². The van der Waals surface area contributed by atoms with E-state index in [0.29, 0.717) is 5.82 Å². The Balaban J connectivity index is 2.59. The second kappa shape index (κ2) is 4.63. The summed E-state index contributed by atoms with van der Waals surface area (Å²) in [5, 5.41) is 7.94. The summed E-state index contributed by atoms with van der Waals surface area (Å²) in [6, 6.07) is 0. The van der Waals surface area contributed by atoms with Gasteiger partial charge < -0.3 is 10.5 Å². The molecule has 2 heterocycles. The lowest BCUT2D eigenvalue weighted by atomic mass is 10.4. The zero-order valence-electron chi connectivity index (χ0n) is 11.1. The van der Waals surface area contributed by atoms with Crippen molar-refractivity contribution in [2.75, 3.05) is 12.8 Å². The Labute approximate surface area is 109 Å². The molecule has 0 saturated carbocycles. The summed E-state index contributed by atoms with van der Waals surface area (Å²) in [4.78, 5) is 19.9. The number of esters is 1. The van der Waals surface area contributed by atoms with Gasteiger partial charge in [0.2, 0.25) is 0 Å². The molecule has 0 spiro atoms. The molecular formula is C11H14N6O2. The standard InChI is InChI=1S/C11H14N6O2/c1-5-6(2)15-16-11(13-5)17-7(3)14-8(9(17)12)10(18)19-4/h12H2,1-4H3. The fourth-order valence-electron chi connectivity index (χ4n) is 1.59. The minimum absolute atomic E-state index is 0.0434. The van der Waals surface area contributed by atoms with Gasteiger partial charge in [-0.05, 0) is 20.8 Å². The van der Waals surface area contributed by atoms with Crippen LogP contribution in [0.1, 0.15) is 27.7 Å². The van der Waals surface area contributed by atoms with Crippen LogP contribution in [0.25, 0.3) is 5.95 Å². The van der Waals surface area contributed by atoms with Crippen molar-refractivity contribution in [3.8, 4) is 5.95 Å². The van der Waals surface area contributed by atoms with Crippen molar-refractivity contribution in [3.63, 3.8) is 0 Å². The van der Waals surface area contributed by atoms with Gasteiger partial charge in [-0.25, -0.2) is 19.3 Å². The predicted octanol–water partition coefficient (Wildman–Crippen LogP) is 0.351. The Hall–Kier alpha value is -2.51. The van der Waals surface area contributed by atoms with Gasteiger partial charge in [-0.1, -0.05) is 0 Å². The maximum atomic E-state index is 11.5. The number of ether oxygens (including phenoxy) is 1. The third kappa shape index (κ3) is 2.12. The molecule has 8 heteroatoms. The largest absolute Gasteiger partial charge is 0.464 e. The van der Waals surface area contributed by atoms with Crippen LogP contribution in [0.4, 0.5) is 5.82 Å². The van der Waals surface area contributed by atoms with Gasteiger partial charge in [0.25, 0.3) is 5.95 Å². The molecule has 0 amide bonds. The minimum Gasteiger partial charge on any atom is -0.464 e. The average molecular weight is 262 g/mol. The van der Waals surface area contributed by atoms with Gasteiger partial charge in [0.15, 0.2) is 5.69 Å². The van der Waals surface area contributed by atoms with Crippen molar-refractivity contribution in [1.29, 1.82) is 0 Å². The highest BCUT2D eigenvalue weighted by Crippen LogP contribution is 2.18. The molecule has 2 aromatic heterocycles. The van der Waals surface area contributed by atoms with E-state index in [9.17, 15) is 4.79 Å². The minimum atomic E-state index is -0.601. The number of anilines is 1. The third-order valence-corrected chi connectivity index (χ3v) is 2.74. The maximum Gasteiger partial charge on any atom is 0.360 e. The van der Waals surface area contributed by atoms with Crippen LogP contribution in [0.5, 0.6) is 0 Å². The Kier molecular flexibility index (Phi) is 3.16. The van der Waals surface area contributed by atoms with Gasteiger partial charge in [0, 0.05) is 0 Å². The summed E-state index contributed by atoms with van der Waals surface area (Å²) < 4.78 is 6.08. The molecule has 19 heavy (non-hydrogen) atoms. The zero-order valence-corrected chi connectivity index (χ0v) is 11.1. The molecule has 2 rings (SSSR count). The second-order valence-corrected chi connectivity index (χ2v) is 4.00. The number of hydrogen-bond donors (Lipinski definition) is 1. The molecule has 0 saturated heterocycles. The summed E-state index contributed by atoms with van der Waals surface area (Å²) in [6.45, 7) is 5.32. The number of methoxy groups -OCH3 is 1. The monoisotopic (exact) mass is 262 g/mol. The lowest BCUT2D eigenvalue weighted by Gasteiger charge is -2.06. The molecule has 0 fully saturated rings. The number of aryl methyl sites for hydroxylation is 3. The smallest absolute Gasteiger partial charge is 0.360 e. The first-order valence-corrected chi connectivity index (χ1v) is 5.57. The van der Waals surface area contributed by atoms with Crippen molar-refractivity contribution < 1.29 is 9.53 Å². The number of nitrogen functional groups attached to an aromatic ring is 1. The van der Waals surface area contributed by atoms with Gasteiger partial charge >= 0.3 is 5.97 Å². The Morgan fingerprint density at radius 2 is 1.84 bits per heavy atom. The van der Waals surface area contributed by atoms with Crippen molar-refractivity contribution in [2.45, 2.75) is 20.8 Å². The first-order valence-electron chi connectivity index (χ1n) is 5.57. The molecule has 2 aromatic rings. The average Bonchev–Trinajstić information content (AvgIpc) is 2.68. The van der Waals surface area contributed by atoms with Crippen LogP contribution >= 0.6 is 0 Å².